The fraction of sp³-hybridized carbons (Fsp3) is 0.467. The van der Waals surface area contributed by atoms with Crippen LogP contribution in [0.15, 0.2) is 23.4 Å². The van der Waals surface area contributed by atoms with E-state index in [1.54, 1.807) is 30.2 Å². The van der Waals surface area contributed by atoms with Crippen molar-refractivity contribution in [1.29, 1.82) is 0 Å². The summed E-state index contributed by atoms with van der Waals surface area (Å²) in [6.45, 7) is 3.00. The number of rotatable bonds is 3. The van der Waals surface area contributed by atoms with Crippen molar-refractivity contribution in [2.75, 3.05) is 27.3 Å². The number of methoxy groups -OCH3 is 2. The summed E-state index contributed by atoms with van der Waals surface area (Å²) < 4.78 is 10.4. The fourth-order valence-corrected chi connectivity index (χ4v) is 2.51. The van der Waals surface area contributed by atoms with Gasteiger partial charge in [0, 0.05) is 25.4 Å². The van der Waals surface area contributed by atoms with Gasteiger partial charge in [-0.1, -0.05) is 12.1 Å². The van der Waals surface area contributed by atoms with Crippen LogP contribution >= 0.6 is 0 Å². The van der Waals surface area contributed by atoms with Crippen LogP contribution < -0.4 is 9.47 Å². The number of benzene rings is 1. The Hall–Kier alpha value is -2.24. The number of carbonyl (C=O) groups is 1. The molecule has 1 atom stereocenters. The second kappa shape index (κ2) is 6.47. The summed E-state index contributed by atoms with van der Waals surface area (Å²) in [5, 5.41) is 12.2. The van der Waals surface area contributed by atoms with Crippen molar-refractivity contribution in [2.45, 2.75) is 13.3 Å². The molecule has 1 saturated heterocycles. The molecule has 0 aromatic heterocycles. The lowest BCUT2D eigenvalue weighted by molar-refractivity contribution is 0.0730. The summed E-state index contributed by atoms with van der Waals surface area (Å²) in [5.74, 6) is 1.08. The van der Waals surface area contributed by atoms with Crippen molar-refractivity contribution in [2.24, 2.45) is 11.1 Å². The Balaban J connectivity index is 2.24. The minimum absolute atomic E-state index is 0.0457. The van der Waals surface area contributed by atoms with E-state index in [0.29, 0.717) is 36.6 Å². The summed E-state index contributed by atoms with van der Waals surface area (Å²) in [4.78, 5) is 14.4. The molecule has 1 aromatic rings. The van der Waals surface area contributed by atoms with Crippen LogP contribution in [0.2, 0.25) is 0 Å². The molecule has 0 spiro atoms. The van der Waals surface area contributed by atoms with Gasteiger partial charge in [-0.15, -0.1) is 0 Å². The Morgan fingerprint density at radius 2 is 2.14 bits per heavy atom. The summed E-state index contributed by atoms with van der Waals surface area (Å²) in [7, 11) is 3.09. The molecular weight excluding hydrogens is 272 g/mol. The van der Waals surface area contributed by atoms with Gasteiger partial charge < -0.3 is 19.6 Å². The maximum absolute atomic E-state index is 12.7. The number of amides is 1. The summed E-state index contributed by atoms with van der Waals surface area (Å²) in [6, 6.07) is 5.16. The lowest BCUT2D eigenvalue weighted by Gasteiger charge is -2.31. The average Bonchev–Trinajstić information content (AvgIpc) is 2.53. The van der Waals surface area contributed by atoms with Crippen LogP contribution in [0.3, 0.4) is 0 Å². The van der Waals surface area contributed by atoms with E-state index < -0.39 is 0 Å². The van der Waals surface area contributed by atoms with Gasteiger partial charge in [0.25, 0.3) is 5.91 Å². The molecule has 114 valence electrons. The quantitative estimate of drug-likeness (QED) is 0.683. The molecule has 1 aliphatic heterocycles. The number of oxime groups is 1. The maximum Gasteiger partial charge on any atom is 0.257 e. The number of hydrogen-bond donors (Lipinski definition) is 1. The minimum atomic E-state index is -0.102. The first-order valence-corrected chi connectivity index (χ1v) is 6.82. The van der Waals surface area contributed by atoms with E-state index in [1.165, 1.54) is 7.11 Å². The van der Waals surface area contributed by atoms with Crippen LogP contribution in [0, 0.1) is 5.92 Å². The summed E-state index contributed by atoms with van der Waals surface area (Å²) in [6.07, 6.45) is 0.579. The van der Waals surface area contributed by atoms with Crippen LogP contribution in [-0.4, -0.2) is 49.0 Å². The van der Waals surface area contributed by atoms with Crippen molar-refractivity contribution in [3.05, 3.63) is 23.8 Å². The molecule has 1 unspecified atom stereocenters. The van der Waals surface area contributed by atoms with Gasteiger partial charge >= 0.3 is 0 Å². The lowest BCUT2D eigenvalue weighted by Crippen LogP contribution is -2.43. The molecule has 6 nitrogen and oxygen atoms in total. The van der Waals surface area contributed by atoms with E-state index in [2.05, 4.69) is 5.16 Å². The van der Waals surface area contributed by atoms with E-state index >= 15 is 0 Å². The Kier molecular flexibility index (Phi) is 4.67. The van der Waals surface area contributed by atoms with Gasteiger partial charge in [-0.05, 0) is 18.2 Å². The highest BCUT2D eigenvalue weighted by atomic mass is 16.5. The minimum Gasteiger partial charge on any atom is -0.497 e. The predicted octanol–water partition coefficient (Wildman–Crippen LogP) is 2.02. The molecule has 1 N–H and O–H groups in total. The Bertz CT molecular complexity index is 557. The molecular formula is C15H20N2O4. The van der Waals surface area contributed by atoms with E-state index in [-0.39, 0.29) is 11.8 Å². The van der Waals surface area contributed by atoms with Gasteiger partial charge in [0.2, 0.25) is 0 Å². The van der Waals surface area contributed by atoms with Gasteiger partial charge in [0.1, 0.15) is 11.5 Å². The zero-order valence-corrected chi connectivity index (χ0v) is 12.5. The highest BCUT2D eigenvalue weighted by Crippen LogP contribution is 2.26. The Morgan fingerprint density at radius 3 is 2.71 bits per heavy atom. The van der Waals surface area contributed by atoms with Gasteiger partial charge in [-0.3, -0.25) is 4.79 Å². The van der Waals surface area contributed by atoms with E-state index in [0.717, 1.165) is 5.71 Å². The van der Waals surface area contributed by atoms with Gasteiger partial charge in [-0.2, -0.15) is 0 Å². The van der Waals surface area contributed by atoms with Crippen LogP contribution in [0.25, 0.3) is 0 Å². The second-order valence-corrected chi connectivity index (χ2v) is 5.06. The number of ether oxygens (including phenoxy) is 2. The van der Waals surface area contributed by atoms with Gasteiger partial charge in [0.15, 0.2) is 0 Å². The van der Waals surface area contributed by atoms with E-state index in [9.17, 15) is 4.79 Å². The highest BCUT2D eigenvalue weighted by molar-refractivity contribution is 5.99. The molecule has 1 aromatic carbocycles. The van der Waals surface area contributed by atoms with E-state index in [1.807, 2.05) is 6.92 Å². The number of nitrogens with zero attached hydrogens (tertiary/aromatic N) is 2. The first-order valence-electron chi connectivity index (χ1n) is 6.82. The smallest absolute Gasteiger partial charge is 0.257 e. The third-order valence-electron chi connectivity index (χ3n) is 3.75. The molecule has 2 rings (SSSR count). The van der Waals surface area contributed by atoms with E-state index in [4.69, 9.17) is 14.7 Å². The zero-order chi connectivity index (χ0) is 15.4. The van der Waals surface area contributed by atoms with Crippen LogP contribution in [0.1, 0.15) is 23.7 Å². The van der Waals surface area contributed by atoms with Crippen molar-refractivity contribution < 1.29 is 19.5 Å². The van der Waals surface area contributed by atoms with Crippen LogP contribution in [-0.2, 0) is 0 Å². The number of carbonyl (C=O) groups excluding carboxylic acids is 1. The maximum atomic E-state index is 12.7. The second-order valence-electron chi connectivity index (χ2n) is 5.06. The van der Waals surface area contributed by atoms with Crippen molar-refractivity contribution in [3.63, 3.8) is 0 Å². The lowest BCUT2D eigenvalue weighted by atomic mass is 9.97. The standard InChI is InChI=1S/C15H20N2O4/c1-10-9-17(7-6-13(10)16-19)15(18)12-8-11(20-2)4-5-14(12)21-3/h4-5,8,10,19H,6-7,9H2,1-3H3/b16-13-. The first kappa shape index (κ1) is 15.2. The molecule has 0 bridgehead atoms. The number of piperidine rings is 1. The van der Waals surface area contributed by atoms with Crippen LogP contribution in [0.5, 0.6) is 11.5 Å². The monoisotopic (exact) mass is 292 g/mol. The number of hydrogen-bond acceptors (Lipinski definition) is 5. The highest BCUT2D eigenvalue weighted by Gasteiger charge is 2.28. The zero-order valence-electron chi connectivity index (χ0n) is 12.5. The van der Waals surface area contributed by atoms with Crippen LogP contribution in [0.4, 0.5) is 0 Å². The molecule has 1 amide bonds. The molecule has 0 saturated carbocycles. The molecule has 1 fully saturated rings. The van der Waals surface area contributed by atoms with Crippen molar-refractivity contribution >= 4 is 11.6 Å². The molecule has 0 aliphatic carbocycles. The molecule has 6 heteroatoms. The predicted molar refractivity (Wildman–Crippen MR) is 78.5 cm³/mol. The normalized spacial score (nSPS) is 20.4. The first-order chi connectivity index (χ1) is 10.1. The van der Waals surface area contributed by atoms with Gasteiger partial charge in [-0.25, -0.2) is 0 Å². The fourth-order valence-electron chi connectivity index (χ4n) is 2.51. The largest absolute Gasteiger partial charge is 0.497 e. The number of likely N-dealkylation sites (tertiary alicyclic amines) is 1. The van der Waals surface area contributed by atoms with Gasteiger partial charge in [0.05, 0.1) is 25.5 Å². The van der Waals surface area contributed by atoms with Crippen molar-refractivity contribution in [3.8, 4) is 11.5 Å². The summed E-state index contributed by atoms with van der Waals surface area (Å²) >= 11 is 0. The molecule has 21 heavy (non-hydrogen) atoms. The summed E-state index contributed by atoms with van der Waals surface area (Å²) in [5.41, 5.74) is 1.21. The average molecular weight is 292 g/mol. The Morgan fingerprint density at radius 1 is 1.38 bits per heavy atom. The topological polar surface area (TPSA) is 71.4 Å². The third-order valence-corrected chi connectivity index (χ3v) is 3.75. The molecule has 1 aliphatic rings. The molecule has 0 radical (unpaired) electrons. The van der Waals surface area contributed by atoms with Crippen molar-refractivity contribution in [1.82, 2.24) is 4.90 Å². The SMILES string of the molecule is COc1ccc(OC)c(C(=O)N2CC/C(=N/O)C(C)C2)c1. The Labute approximate surface area is 124 Å². The molecule has 1 heterocycles. The third kappa shape index (κ3) is 3.09.